The first kappa shape index (κ1) is 10.4. The highest BCUT2D eigenvalue weighted by atomic mass is 35.5. The van der Waals surface area contributed by atoms with E-state index in [1.54, 1.807) is 0 Å². The average Bonchev–Trinajstić information content (AvgIpc) is 2.09. The summed E-state index contributed by atoms with van der Waals surface area (Å²) in [5.41, 5.74) is 0. The standard InChI is InChI=1S/C7H7ClFNO2S/c1-2-13(11,12)6-3-5(8)4-10-7(6)9/h3-4H,2H2,1H3. The molecule has 0 saturated heterocycles. The molecule has 1 rings (SSSR count). The van der Waals surface area contributed by atoms with Crippen molar-refractivity contribution in [2.24, 2.45) is 0 Å². The highest BCUT2D eigenvalue weighted by Gasteiger charge is 2.18. The lowest BCUT2D eigenvalue weighted by molar-refractivity contribution is 0.539. The van der Waals surface area contributed by atoms with E-state index in [-0.39, 0.29) is 10.8 Å². The van der Waals surface area contributed by atoms with Crippen LogP contribution in [-0.2, 0) is 9.84 Å². The fourth-order valence-electron chi connectivity index (χ4n) is 0.778. The Hall–Kier alpha value is -0.680. The molecule has 1 heterocycles. The van der Waals surface area contributed by atoms with Crippen LogP contribution in [0, 0.1) is 5.95 Å². The summed E-state index contributed by atoms with van der Waals surface area (Å²) in [6.07, 6.45) is 1.06. The van der Waals surface area contributed by atoms with Crippen LogP contribution in [0.25, 0.3) is 0 Å². The number of hydrogen-bond donors (Lipinski definition) is 0. The lowest BCUT2D eigenvalue weighted by atomic mass is 10.5. The Labute approximate surface area is 80.5 Å². The van der Waals surface area contributed by atoms with E-state index in [2.05, 4.69) is 4.98 Å². The van der Waals surface area contributed by atoms with Crippen LogP contribution in [-0.4, -0.2) is 19.2 Å². The minimum absolute atomic E-state index is 0.105. The molecule has 6 heteroatoms. The molecule has 72 valence electrons. The molecule has 0 spiro atoms. The van der Waals surface area contributed by atoms with Crippen LogP contribution in [0.4, 0.5) is 4.39 Å². The first-order valence-corrected chi connectivity index (χ1v) is 5.54. The van der Waals surface area contributed by atoms with Crippen molar-refractivity contribution in [2.75, 3.05) is 5.75 Å². The Bertz CT molecular complexity index is 419. The smallest absolute Gasteiger partial charge is 0.226 e. The molecule has 0 atom stereocenters. The highest BCUT2D eigenvalue weighted by molar-refractivity contribution is 7.91. The highest BCUT2D eigenvalue weighted by Crippen LogP contribution is 2.18. The van der Waals surface area contributed by atoms with E-state index >= 15 is 0 Å². The third kappa shape index (κ3) is 2.16. The summed E-state index contributed by atoms with van der Waals surface area (Å²) in [5, 5.41) is 0.105. The maximum Gasteiger partial charge on any atom is 0.231 e. The number of pyridine rings is 1. The molecular weight excluding hydrogens is 217 g/mol. The zero-order valence-electron chi connectivity index (χ0n) is 6.79. The summed E-state index contributed by atoms with van der Waals surface area (Å²) in [5.74, 6) is -1.18. The van der Waals surface area contributed by atoms with Gasteiger partial charge in [0.25, 0.3) is 0 Å². The molecule has 0 fully saturated rings. The fraction of sp³-hybridized carbons (Fsp3) is 0.286. The molecule has 0 N–H and O–H groups in total. The lowest BCUT2D eigenvalue weighted by Gasteiger charge is -2.01. The number of nitrogens with zero attached hydrogens (tertiary/aromatic N) is 1. The van der Waals surface area contributed by atoms with Gasteiger partial charge in [-0.1, -0.05) is 18.5 Å². The summed E-state index contributed by atoms with van der Waals surface area (Å²) in [6.45, 7) is 1.43. The van der Waals surface area contributed by atoms with E-state index in [0.29, 0.717) is 0 Å². The van der Waals surface area contributed by atoms with Crippen molar-refractivity contribution in [1.82, 2.24) is 4.98 Å². The monoisotopic (exact) mass is 223 g/mol. The second-order valence-electron chi connectivity index (χ2n) is 2.35. The van der Waals surface area contributed by atoms with Crippen molar-refractivity contribution in [3.05, 3.63) is 23.2 Å². The van der Waals surface area contributed by atoms with E-state index in [1.165, 1.54) is 6.92 Å². The van der Waals surface area contributed by atoms with Gasteiger partial charge in [-0.05, 0) is 6.07 Å². The average molecular weight is 224 g/mol. The molecule has 13 heavy (non-hydrogen) atoms. The molecule has 0 amide bonds. The van der Waals surface area contributed by atoms with Crippen LogP contribution >= 0.6 is 11.6 Å². The number of rotatable bonds is 2. The van der Waals surface area contributed by atoms with Gasteiger partial charge in [-0.25, -0.2) is 13.4 Å². The third-order valence-electron chi connectivity index (χ3n) is 1.49. The van der Waals surface area contributed by atoms with Crippen LogP contribution in [0.1, 0.15) is 6.92 Å². The molecule has 0 saturated carbocycles. The molecule has 0 radical (unpaired) electrons. The first-order chi connectivity index (χ1) is 5.97. The Morgan fingerprint density at radius 2 is 2.23 bits per heavy atom. The number of aromatic nitrogens is 1. The molecular formula is C7H7ClFNO2S. The molecule has 1 aromatic rings. The quantitative estimate of drug-likeness (QED) is 0.717. The Morgan fingerprint density at radius 3 is 2.77 bits per heavy atom. The van der Waals surface area contributed by atoms with Gasteiger partial charge in [0.2, 0.25) is 5.95 Å². The predicted octanol–water partition coefficient (Wildman–Crippen LogP) is 1.67. The number of halogens is 2. The van der Waals surface area contributed by atoms with Crippen LogP contribution in [0.3, 0.4) is 0 Å². The van der Waals surface area contributed by atoms with Crippen LogP contribution in [0.5, 0.6) is 0 Å². The van der Waals surface area contributed by atoms with Crippen LogP contribution in [0.2, 0.25) is 5.02 Å². The SMILES string of the molecule is CCS(=O)(=O)c1cc(Cl)cnc1F. The molecule has 1 aromatic heterocycles. The lowest BCUT2D eigenvalue weighted by Crippen LogP contribution is -2.07. The molecule has 0 aliphatic rings. The second kappa shape index (κ2) is 3.59. The van der Waals surface area contributed by atoms with E-state index in [4.69, 9.17) is 11.6 Å². The fourth-order valence-corrected chi connectivity index (χ4v) is 1.93. The summed E-state index contributed by atoms with van der Waals surface area (Å²) in [7, 11) is -3.57. The van der Waals surface area contributed by atoms with E-state index in [0.717, 1.165) is 12.3 Å². The van der Waals surface area contributed by atoms with Gasteiger partial charge in [-0.2, -0.15) is 4.39 Å². The summed E-state index contributed by atoms with van der Waals surface area (Å²) >= 11 is 5.49. The summed E-state index contributed by atoms with van der Waals surface area (Å²) < 4.78 is 35.4. The summed E-state index contributed by atoms with van der Waals surface area (Å²) in [6, 6.07) is 1.06. The molecule has 3 nitrogen and oxygen atoms in total. The zero-order valence-corrected chi connectivity index (χ0v) is 8.36. The Kier molecular flexibility index (Phi) is 2.87. The van der Waals surface area contributed by atoms with Gasteiger partial charge in [0, 0.05) is 6.20 Å². The third-order valence-corrected chi connectivity index (χ3v) is 3.41. The van der Waals surface area contributed by atoms with Crippen LogP contribution in [0.15, 0.2) is 17.2 Å². The number of sulfone groups is 1. The van der Waals surface area contributed by atoms with Crippen molar-refractivity contribution >= 4 is 21.4 Å². The van der Waals surface area contributed by atoms with Crippen molar-refractivity contribution in [3.8, 4) is 0 Å². The molecule has 0 aliphatic heterocycles. The van der Waals surface area contributed by atoms with Crippen molar-refractivity contribution in [3.63, 3.8) is 0 Å². The molecule has 0 aromatic carbocycles. The first-order valence-electron chi connectivity index (χ1n) is 3.51. The van der Waals surface area contributed by atoms with Gasteiger partial charge in [0.05, 0.1) is 10.8 Å². The topological polar surface area (TPSA) is 47.0 Å². The van der Waals surface area contributed by atoms with E-state index in [9.17, 15) is 12.8 Å². The van der Waals surface area contributed by atoms with Gasteiger partial charge >= 0.3 is 0 Å². The van der Waals surface area contributed by atoms with Gasteiger partial charge in [-0.15, -0.1) is 0 Å². The Morgan fingerprint density at radius 1 is 1.62 bits per heavy atom. The minimum atomic E-state index is -3.57. The maximum absolute atomic E-state index is 12.9. The van der Waals surface area contributed by atoms with Gasteiger partial charge < -0.3 is 0 Å². The Balaban J connectivity index is 3.38. The van der Waals surface area contributed by atoms with E-state index in [1.807, 2.05) is 0 Å². The molecule has 0 aliphatic carbocycles. The van der Waals surface area contributed by atoms with Crippen LogP contribution < -0.4 is 0 Å². The maximum atomic E-state index is 12.9. The summed E-state index contributed by atoms with van der Waals surface area (Å²) in [4.78, 5) is 2.77. The van der Waals surface area contributed by atoms with Gasteiger partial charge in [-0.3, -0.25) is 0 Å². The second-order valence-corrected chi connectivity index (χ2v) is 5.03. The van der Waals surface area contributed by atoms with Crippen molar-refractivity contribution in [2.45, 2.75) is 11.8 Å². The number of hydrogen-bond acceptors (Lipinski definition) is 3. The molecule has 0 bridgehead atoms. The minimum Gasteiger partial charge on any atom is -0.226 e. The predicted molar refractivity (Wildman–Crippen MR) is 46.9 cm³/mol. The molecule has 0 unspecified atom stereocenters. The van der Waals surface area contributed by atoms with E-state index < -0.39 is 20.7 Å². The normalized spacial score (nSPS) is 11.6. The van der Waals surface area contributed by atoms with Crippen molar-refractivity contribution in [1.29, 1.82) is 0 Å². The van der Waals surface area contributed by atoms with Gasteiger partial charge in [0.15, 0.2) is 9.84 Å². The zero-order chi connectivity index (χ0) is 10.1. The largest absolute Gasteiger partial charge is 0.231 e. The van der Waals surface area contributed by atoms with Crippen molar-refractivity contribution < 1.29 is 12.8 Å². The van der Waals surface area contributed by atoms with Gasteiger partial charge in [0.1, 0.15) is 4.90 Å².